The molecule has 0 atom stereocenters. The summed E-state index contributed by atoms with van der Waals surface area (Å²) in [7, 11) is 0. The quantitative estimate of drug-likeness (QED) is 0.296. The van der Waals surface area contributed by atoms with Crippen LogP contribution in [0.25, 0.3) is 28.1 Å². The lowest BCUT2D eigenvalue weighted by Gasteiger charge is -2.04. The number of nitrogens with zero attached hydrogens (tertiary/aromatic N) is 4. The number of benzene rings is 1. The number of hydrogen-bond acceptors (Lipinski definition) is 6. The average molecular weight is 469 g/mol. The summed E-state index contributed by atoms with van der Waals surface area (Å²) < 4.78 is 14.8. The van der Waals surface area contributed by atoms with Crippen molar-refractivity contribution < 1.29 is 8.83 Å². The van der Waals surface area contributed by atoms with Crippen LogP contribution in [0.2, 0.25) is 0 Å². The second kappa shape index (κ2) is 7.03. The SMILES string of the molecule is Cc1cc2c(cc3c(SCc4nc(-c5cccc(Br)c5)oc4C)nnc(C)n32)o1. The monoisotopic (exact) mass is 468 g/mol. The van der Waals surface area contributed by atoms with Gasteiger partial charge in [0.2, 0.25) is 5.89 Å². The molecule has 1 aromatic carbocycles. The average Bonchev–Trinajstić information content (AvgIpc) is 3.33. The summed E-state index contributed by atoms with van der Waals surface area (Å²) in [4.78, 5) is 4.70. The molecule has 0 N–H and O–H groups in total. The molecule has 146 valence electrons. The highest BCUT2D eigenvalue weighted by Gasteiger charge is 2.17. The molecule has 4 heterocycles. The Morgan fingerprint density at radius 3 is 2.72 bits per heavy atom. The van der Waals surface area contributed by atoms with Crippen molar-refractivity contribution >= 4 is 44.3 Å². The van der Waals surface area contributed by atoms with Gasteiger partial charge in [0.15, 0.2) is 5.58 Å². The molecule has 0 saturated heterocycles. The first-order valence-corrected chi connectivity index (χ1v) is 10.9. The molecule has 4 aromatic heterocycles. The minimum Gasteiger partial charge on any atom is -0.460 e. The largest absolute Gasteiger partial charge is 0.460 e. The van der Waals surface area contributed by atoms with Gasteiger partial charge < -0.3 is 8.83 Å². The van der Waals surface area contributed by atoms with Crippen molar-refractivity contribution in [3.05, 3.63) is 63.9 Å². The molecule has 0 aliphatic carbocycles. The van der Waals surface area contributed by atoms with Gasteiger partial charge in [-0.15, -0.1) is 10.2 Å². The van der Waals surface area contributed by atoms with Crippen molar-refractivity contribution in [3.63, 3.8) is 0 Å². The fraction of sp³-hybridized carbons (Fsp3) is 0.190. The summed E-state index contributed by atoms with van der Waals surface area (Å²) in [5.74, 6) is 3.78. The van der Waals surface area contributed by atoms with Crippen molar-refractivity contribution in [2.75, 3.05) is 0 Å². The zero-order valence-corrected chi connectivity index (χ0v) is 18.5. The first-order valence-electron chi connectivity index (χ1n) is 9.09. The molecular formula is C21H17BrN4O2S. The number of fused-ring (bicyclic) bond motifs is 3. The van der Waals surface area contributed by atoms with Crippen molar-refractivity contribution in [1.29, 1.82) is 0 Å². The van der Waals surface area contributed by atoms with Crippen LogP contribution in [0.5, 0.6) is 0 Å². The Hall–Kier alpha value is -2.58. The smallest absolute Gasteiger partial charge is 0.226 e. The molecule has 6 nitrogen and oxygen atoms in total. The van der Waals surface area contributed by atoms with Crippen LogP contribution >= 0.6 is 27.7 Å². The number of rotatable bonds is 4. The van der Waals surface area contributed by atoms with Gasteiger partial charge in [-0.3, -0.25) is 4.40 Å². The van der Waals surface area contributed by atoms with Gasteiger partial charge >= 0.3 is 0 Å². The molecule has 0 bridgehead atoms. The Balaban J connectivity index is 1.47. The molecule has 5 aromatic rings. The lowest BCUT2D eigenvalue weighted by molar-refractivity contribution is 0.540. The van der Waals surface area contributed by atoms with Crippen LogP contribution in [0, 0.1) is 20.8 Å². The number of halogens is 1. The molecule has 29 heavy (non-hydrogen) atoms. The molecule has 0 fully saturated rings. The second-order valence-corrected chi connectivity index (χ2v) is 8.72. The van der Waals surface area contributed by atoms with Crippen LogP contribution in [0.1, 0.15) is 23.0 Å². The third-order valence-electron chi connectivity index (χ3n) is 4.75. The Morgan fingerprint density at radius 2 is 1.90 bits per heavy atom. The van der Waals surface area contributed by atoms with E-state index in [1.165, 1.54) is 0 Å². The summed E-state index contributed by atoms with van der Waals surface area (Å²) in [6.07, 6.45) is 0. The van der Waals surface area contributed by atoms with Crippen LogP contribution in [0.15, 0.2) is 54.7 Å². The number of hydrogen-bond donors (Lipinski definition) is 0. The molecular weight excluding hydrogens is 452 g/mol. The van der Waals surface area contributed by atoms with E-state index in [-0.39, 0.29) is 0 Å². The van der Waals surface area contributed by atoms with Gasteiger partial charge in [0.05, 0.1) is 16.7 Å². The molecule has 0 spiro atoms. The van der Waals surface area contributed by atoms with E-state index in [0.29, 0.717) is 11.6 Å². The van der Waals surface area contributed by atoms with E-state index in [1.54, 1.807) is 11.8 Å². The first-order chi connectivity index (χ1) is 14.0. The fourth-order valence-corrected chi connectivity index (χ4v) is 4.72. The lowest BCUT2D eigenvalue weighted by Crippen LogP contribution is -2.00. The van der Waals surface area contributed by atoms with Gasteiger partial charge in [0.25, 0.3) is 0 Å². The summed E-state index contributed by atoms with van der Waals surface area (Å²) in [6, 6.07) is 12.0. The molecule has 0 aliphatic heterocycles. The first kappa shape index (κ1) is 18.4. The minimum atomic E-state index is 0.621. The summed E-state index contributed by atoms with van der Waals surface area (Å²) in [5.41, 5.74) is 4.69. The Morgan fingerprint density at radius 1 is 1.03 bits per heavy atom. The second-order valence-electron chi connectivity index (χ2n) is 6.84. The Bertz CT molecular complexity index is 1370. The lowest BCUT2D eigenvalue weighted by atomic mass is 10.2. The van der Waals surface area contributed by atoms with Gasteiger partial charge in [0, 0.05) is 27.9 Å². The van der Waals surface area contributed by atoms with E-state index in [2.05, 4.69) is 30.5 Å². The number of aromatic nitrogens is 4. The zero-order valence-electron chi connectivity index (χ0n) is 16.1. The Labute approximate surface area is 179 Å². The van der Waals surface area contributed by atoms with Gasteiger partial charge in [0.1, 0.15) is 22.4 Å². The highest BCUT2D eigenvalue weighted by Crippen LogP contribution is 2.32. The fourth-order valence-electron chi connectivity index (χ4n) is 3.38. The third-order valence-corrected chi connectivity index (χ3v) is 6.23. The molecule has 0 aliphatic rings. The van der Waals surface area contributed by atoms with Crippen molar-refractivity contribution in [3.8, 4) is 11.5 Å². The highest BCUT2D eigenvalue weighted by molar-refractivity contribution is 9.10. The standard InChI is InChI=1S/C21H17BrN4O2S/c1-11-7-17-19(27-11)9-18-21(25-24-13(3)26(17)18)29-10-16-12(2)28-20(23-16)14-5-4-6-15(22)8-14/h4-9H,10H2,1-3H3. The molecule has 8 heteroatoms. The molecule has 0 unspecified atom stereocenters. The number of oxazole rings is 1. The number of thioether (sulfide) groups is 1. The van der Waals surface area contributed by atoms with Crippen LogP contribution in [-0.4, -0.2) is 19.6 Å². The molecule has 0 saturated carbocycles. The van der Waals surface area contributed by atoms with Gasteiger partial charge in [-0.1, -0.05) is 33.8 Å². The predicted octanol–water partition coefficient (Wildman–Crippen LogP) is 6.11. The Kier molecular flexibility index (Phi) is 4.48. The van der Waals surface area contributed by atoms with E-state index in [9.17, 15) is 0 Å². The molecule has 0 radical (unpaired) electrons. The number of furan rings is 1. The van der Waals surface area contributed by atoms with Crippen molar-refractivity contribution in [1.82, 2.24) is 19.6 Å². The van der Waals surface area contributed by atoms with Gasteiger partial charge in [-0.25, -0.2) is 4.98 Å². The summed E-state index contributed by atoms with van der Waals surface area (Å²) in [6.45, 7) is 5.83. The van der Waals surface area contributed by atoms with Crippen molar-refractivity contribution in [2.45, 2.75) is 31.6 Å². The normalized spacial score (nSPS) is 11.7. The maximum absolute atomic E-state index is 5.90. The topological polar surface area (TPSA) is 69.4 Å². The van der Waals surface area contributed by atoms with E-state index in [4.69, 9.17) is 13.8 Å². The van der Waals surface area contributed by atoms with Crippen molar-refractivity contribution in [2.24, 2.45) is 0 Å². The predicted molar refractivity (Wildman–Crippen MR) is 116 cm³/mol. The van der Waals surface area contributed by atoms with Crippen LogP contribution < -0.4 is 0 Å². The maximum Gasteiger partial charge on any atom is 0.226 e. The van der Waals surface area contributed by atoms with Crippen LogP contribution in [-0.2, 0) is 5.75 Å². The highest BCUT2D eigenvalue weighted by atomic mass is 79.9. The van der Waals surface area contributed by atoms with E-state index in [1.807, 2.05) is 57.2 Å². The van der Waals surface area contributed by atoms with Gasteiger partial charge in [-0.05, 0) is 39.0 Å². The molecule has 0 amide bonds. The minimum absolute atomic E-state index is 0.621. The summed E-state index contributed by atoms with van der Waals surface area (Å²) >= 11 is 5.08. The van der Waals surface area contributed by atoms with E-state index < -0.39 is 0 Å². The third kappa shape index (κ3) is 3.26. The van der Waals surface area contributed by atoms with E-state index in [0.717, 1.165) is 54.7 Å². The number of aryl methyl sites for hydroxylation is 3. The van der Waals surface area contributed by atoms with Gasteiger partial charge in [-0.2, -0.15) is 0 Å². The zero-order chi connectivity index (χ0) is 20.1. The summed E-state index contributed by atoms with van der Waals surface area (Å²) in [5, 5.41) is 9.59. The van der Waals surface area contributed by atoms with E-state index >= 15 is 0 Å². The van der Waals surface area contributed by atoms with Crippen LogP contribution in [0.4, 0.5) is 0 Å². The van der Waals surface area contributed by atoms with Crippen LogP contribution in [0.3, 0.4) is 0 Å². The molecule has 5 rings (SSSR count). The maximum atomic E-state index is 5.90.